The molecule has 0 bridgehead atoms. The molecule has 39 heavy (non-hydrogen) atoms. The van der Waals surface area contributed by atoms with Gasteiger partial charge in [-0.15, -0.1) is 5.53 Å². The number of hydrazine groups is 2. The Balaban J connectivity index is 1.36. The second kappa shape index (κ2) is 10.7. The number of aliphatic hydroxyl groups excluding tert-OH is 1. The van der Waals surface area contributed by atoms with Crippen LogP contribution in [-0.4, -0.2) is 47.2 Å². The van der Waals surface area contributed by atoms with Crippen LogP contribution < -0.4 is 26.0 Å². The van der Waals surface area contributed by atoms with Gasteiger partial charge in [0, 0.05) is 48.8 Å². The third-order valence-electron chi connectivity index (χ3n) is 6.22. The van der Waals surface area contributed by atoms with Gasteiger partial charge in [-0.3, -0.25) is 19.7 Å². The van der Waals surface area contributed by atoms with Crippen molar-refractivity contribution in [1.82, 2.24) is 20.8 Å². The highest BCUT2D eigenvalue weighted by Gasteiger charge is 2.32. The predicted molar refractivity (Wildman–Crippen MR) is 140 cm³/mol. The van der Waals surface area contributed by atoms with E-state index in [0.29, 0.717) is 40.8 Å². The summed E-state index contributed by atoms with van der Waals surface area (Å²) in [6.07, 6.45) is -0.135. The standard InChI is InChI=1S/C26H24ClF3N6O3/c1-39-21-6-17(9-31-10-21)23-14-36(34-33-23)24-7-16(2-3-22(24)27)25(38)32-19-5-15(11-35-12-20(37)13-35)4-18(8-19)26(28,29)30/h2-10,14,20,33-34,37H,11-13H2,1H3,(H,32,38). The highest BCUT2D eigenvalue weighted by molar-refractivity contribution is 6.33. The fraction of sp³-hybridized carbons (Fsp3) is 0.231. The molecule has 4 N–H and O–H groups in total. The van der Waals surface area contributed by atoms with Crippen LogP contribution in [0.2, 0.25) is 5.02 Å². The van der Waals surface area contributed by atoms with E-state index in [1.54, 1.807) is 29.7 Å². The van der Waals surface area contributed by atoms with Crippen LogP contribution in [-0.2, 0) is 12.7 Å². The minimum Gasteiger partial charge on any atom is -0.495 e. The highest BCUT2D eigenvalue weighted by atomic mass is 35.5. The quantitative estimate of drug-likeness (QED) is 0.344. The van der Waals surface area contributed by atoms with Gasteiger partial charge in [-0.05, 0) is 48.0 Å². The smallest absolute Gasteiger partial charge is 0.416 e. The summed E-state index contributed by atoms with van der Waals surface area (Å²) in [6, 6.07) is 9.76. The van der Waals surface area contributed by atoms with Crippen molar-refractivity contribution in [2.45, 2.75) is 18.8 Å². The highest BCUT2D eigenvalue weighted by Crippen LogP contribution is 2.34. The number of alkyl halides is 3. The summed E-state index contributed by atoms with van der Waals surface area (Å²) in [6.45, 7) is 0.991. The van der Waals surface area contributed by atoms with Crippen molar-refractivity contribution in [2.24, 2.45) is 0 Å². The van der Waals surface area contributed by atoms with Crippen molar-refractivity contribution < 1.29 is 27.8 Å². The zero-order valence-electron chi connectivity index (χ0n) is 20.6. The molecule has 1 saturated heterocycles. The summed E-state index contributed by atoms with van der Waals surface area (Å²) < 4.78 is 45.9. The molecule has 0 spiro atoms. The van der Waals surface area contributed by atoms with Gasteiger partial charge in [0.05, 0.1) is 41.4 Å². The molecule has 204 valence electrons. The first kappa shape index (κ1) is 26.8. The number of rotatable bonds is 7. The lowest BCUT2D eigenvalue weighted by Crippen LogP contribution is -2.49. The number of nitrogens with one attached hydrogen (secondary N) is 3. The number of ether oxygens (including phenoxy) is 1. The number of β-amino-alcohol motifs (C(OH)–C–C–N with tert-alkyl or cyclic N) is 1. The fourth-order valence-electron chi connectivity index (χ4n) is 4.26. The fourth-order valence-corrected chi connectivity index (χ4v) is 4.47. The Morgan fingerprint density at radius 1 is 1.21 bits per heavy atom. The minimum atomic E-state index is -4.59. The van der Waals surface area contributed by atoms with Crippen LogP contribution in [0.25, 0.3) is 5.70 Å². The lowest BCUT2D eigenvalue weighted by atomic mass is 10.1. The van der Waals surface area contributed by atoms with E-state index in [-0.39, 0.29) is 17.8 Å². The number of anilines is 2. The van der Waals surface area contributed by atoms with Gasteiger partial charge in [0.15, 0.2) is 0 Å². The van der Waals surface area contributed by atoms with Crippen LogP contribution in [0.1, 0.15) is 27.0 Å². The van der Waals surface area contributed by atoms with Crippen LogP contribution >= 0.6 is 11.6 Å². The van der Waals surface area contributed by atoms with Gasteiger partial charge < -0.3 is 20.6 Å². The molecular weight excluding hydrogens is 537 g/mol. The first-order chi connectivity index (χ1) is 18.6. The van der Waals surface area contributed by atoms with Gasteiger partial charge >= 0.3 is 6.18 Å². The topological polar surface area (TPSA) is 102 Å². The van der Waals surface area contributed by atoms with E-state index in [4.69, 9.17) is 16.3 Å². The molecule has 5 rings (SSSR count). The van der Waals surface area contributed by atoms with E-state index >= 15 is 0 Å². The van der Waals surface area contributed by atoms with Crippen molar-refractivity contribution in [1.29, 1.82) is 0 Å². The van der Waals surface area contributed by atoms with E-state index in [2.05, 4.69) is 21.3 Å². The molecule has 2 aliphatic heterocycles. The molecule has 3 heterocycles. The van der Waals surface area contributed by atoms with Gasteiger partial charge in [0.1, 0.15) is 5.75 Å². The number of aliphatic hydroxyl groups is 1. The summed E-state index contributed by atoms with van der Waals surface area (Å²) in [5, 5.41) is 14.0. The molecule has 1 fully saturated rings. The number of hydrogen-bond donors (Lipinski definition) is 4. The molecule has 0 aliphatic carbocycles. The Morgan fingerprint density at radius 3 is 2.72 bits per heavy atom. The molecule has 2 aliphatic rings. The Hall–Kier alpha value is -3.84. The number of benzene rings is 2. The molecule has 13 heteroatoms. The summed E-state index contributed by atoms with van der Waals surface area (Å²) in [5.74, 6) is -0.0310. The number of amides is 1. The number of carbonyl (C=O) groups excluding carboxylic acids is 1. The second-order valence-electron chi connectivity index (χ2n) is 9.15. The summed E-state index contributed by atoms with van der Waals surface area (Å²) in [5.41, 5.74) is 7.48. The van der Waals surface area contributed by atoms with Crippen molar-refractivity contribution in [3.8, 4) is 5.75 Å². The third kappa shape index (κ3) is 6.09. The first-order valence-corrected chi connectivity index (χ1v) is 12.2. The third-order valence-corrected chi connectivity index (χ3v) is 6.54. The van der Waals surface area contributed by atoms with Gasteiger partial charge in [0.25, 0.3) is 5.91 Å². The Kier molecular flexibility index (Phi) is 7.36. The van der Waals surface area contributed by atoms with E-state index in [1.807, 2.05) is 4.90 Å². The van der Waals surface area contributed by atoms with E-state index in [0.717, 1.165) is 17.7 Å². The van der Waals surface area contributed by atoms with Crippen LogP contribution in [0.15, 0.2) is 61.1 Å². The van der Waals surface area contributed by atoms with Crippen molar-refractivity contribution in [3.05, 3.63) is 88.3 Å². The number of aromatic nitrogens is 1. The van der Waals surface area contributed by atoms with Gasteiger partial charge in [-0.2, -0.15) is 13.2 Å². The second-order valence-corrected chi connectivity index (χ2v) is 9.55. The van der Waals surface area contributed by atoms with E-state index in [1.165, 1.54) is 31.4 Å². The zero-order valence-corrected chi connectivity index (χ0v) is 21.3. The number of methoxy groups -OCH3 is 1. The molecule has 0 atom stereocenters. The van der Waals surface area contributed by atoms with Crippen LogP contribution in [0.3, 0.4) is 0 Å². The number of pyridine rings is 1. The normalized spacial score (nSPS) is 15.9. The van der Waals surface area contributed by atoms with E-state index in [9.17, 15) is 23.1 Å². The van der Waals surface area contributed by atoms with Gasteiger partial charge in [-0.1, -0.05) is 11.6 Å². The summed E-state index contributed by atoms with van der Waals surface area (Å²) in [7, 11) is 1.54. The van der Waals surface area contributed by atoms with Crippen LogP contribution in [0, 0.1) is 0 Å². The minimum absolute atomic E-state index is 0.0102. The predicted octanol–water partition coefficient (Wildman–Crippen LogP) is 4.02. The van der Waals surface area contributed by atoms with Gasteiger partial charge in [0.2, 0.25) is 0 Å². The maximum absolute atomic E-state index is 13.6. The number of carbonyl (C=O) groups is 1. The lowest BCUT2D eigenvalue weighted by molar-refractivity contribution is -0.137. The number of nitrogens with zero attached hydrogens (tertiary/aromatic N) is 3. The Labute approximate surface area is 226 Å². The molecular formula is C26H24ClF3N6O3. The Bertz CT molecular complexity index is 1430. The van der Waals surface area contributed by atoms with Crippen molar-refractivity contribution in [3.63, 3.8) is 0 Å². The molecule has 0 unspecified atom stereocenters. The number of hydrogen-bond acceptors (Lipinski definition) is 8. The maximum Gasteiger partial charge on any atom is 0.416 e. The maximum atomic E-state index is 13.6. The number of likely N-dealkylation sites (tertiary alicyclic amines) is 1. The monoisotopic (exact) mass is 560 g/mol. The molecule has 3 aromatic rings. The van der Waals surface area contributed by atoms with E-state index < -0.39 is 23.8 Å². The molecule has 1 amide bonds. The zero-order chi connectivity index (χ0) is 27.7. The van der Waals surface area contributed by atoms with Crippen molar-refractivity contribution >= 4 is 34.6 Å². The van der Waals surface area contributed by atoms with Gasteiger partial charge in [-0.25, -0.2) is 0 Å². The summed E-state index contributed by atoms with van der Waals surface area (Å²) >= 11 is 6.40. The summed E-state index contributed by atoms with van der Waals surface area (Å²) in [4.78, 5) is 19.0. The largest absolute Gasteiger partial charge is 0.495 e. The Morgan fingerprint density at radius 2 is 2.00 bits per heavy atom. The molecule has 9 nitrogen and oxygen atoms in total. The first-order valence-electron chi connectivity index (χ1n) is 11.8. The average molecular weight is 561 g/mol. The van der Waals surface area contributed by atoms with Crippen LogP contribution in [0.4, 0.5) is 24.5 Å². The molecule has 1 aromatic heterocycles. The SMILES string of the molecule is COc1cncc(C2=CN(c3cc(C(=O)Nc4cc(CN5CC(O)C5)cc(C(F)(F)F)c4)ccc3Cl)NN2)c1. The molecule has 0 radical (unpaired) electrons. The van der Waals surface area contributed by atoms with Crippen LogP contribution in [0.5, 0.6) is 5.75 Å². The molecule has 0 saturated carbocycles. The number of halogens is 4. The van der Waals surface area contributed by atoms with Crippen molar-refractivity contribution in [2.75, 3.05) is 30.5 Å². The average Bonchev–Trinajstić information content (AvgIpc) is 3.37. The molecule has 2 aromatic carbocycles. The lowest BCUT2D eigenvalue weighted by Gasteiger charge is -2.36.